The van der Waals surface area contributed by atoms with Crippen molar-refractivity contribution in [3.05, 3.63) is 67.7 Å². The van der Waals surface area contributed by atoms with Crippen LogP contribution in [0.25, 0.3) is 0 Å². The van der Waals surface area contributed by atoms with Crippen LogP contribution in [0.5, 0.6) is 0 Å². The minimum absolute atomic E-state index is 0.0900. The van der Waals surface area contributed by atoms with Crippen LogP contribution in [-0.2, 0) is 6.54 Å². The first-order chi connectivity index (χ1) is 9.47. The van der Waals surface area contributed by atoms with Crippen molar-refractivity contribution in [3.63, 3.8) is 0 Å². The molecule has 2 aromatic carbocycles. The number of benzene rings is 2. The Morgan fingerprint density at radius 1 is 1.20 bits per heavy atom. The van der Waals surface area contributed by atoms with Gasteiger partial charge < -0.3 is 5.32 Å². The SMILES string of the molecule is Cc1ccc(NCc2cc(Cl)ccc2Cl)cc1[N+](=O)[O-]. The van der Waals surface area contributed by atoms with E-state index in [1.54, 1.807) is 37.3 Å². The third kappa shape index (κ3) is 3.40. The molecule has 2 aromatic rings. The summed E-state index contributed by atoms with van der Waals surface area (Å²) in [5, 5.41) is 15.2. The zero-order valence-corrected chi connectivity index (χ0v) is 12.2. The molecule has 0 aliphatic rings. The lowest BCUT2D eigenvalue weighted by Gasteiger charge is -2.09. The molecule has 0 spiro atoms. The largest absolute Gasteiger partial charge is 0.381 e. The number of halogens is 2. The Morgan fingerprint density at radius 2 is 1.95 bits per heavy atom. The van der Waals surface area contributed by atoms with Gasteiger partial charge in [-0.05, 0) is 36.8 Å². The first kappa shape index (κ1) is 14.6. The molecular formula is C14H12Cl2N2O2. The summed E-state index contributed by atoms with van der Waals surface area (Å²) in [5.41, 5.74) is 2.22. The van der Waals surface area contributed by atoms with Crippen molar-refractivity contribution >= 4 is 34.6 Å². The molecule has 0 heterocycles. The van der Waals surface area contributed by atoms with Gasteiger partial charge in [-0.3, -0.25) is 10.1 Å². The number of nitro groups is 1. The smallest absolute Gasteiger partial charge is 0.274 e. The maximum Gasteiger partial charge on any atom is 0.274 e. The van der Waals surface area contributed by atoms with Crippen LogP contribution in [0.15, 0.2) is 36.4 Å². The molecule has 0 aliphatic heterocycles. The second-order valence-corrected chi connectivity index (χ2v) is 5.19. The second-order valence-electron chi connectivity index (χ2n) is 4.35. The number of nitrogens with one attached hydrogen (secondary N) is 1. The highest BCUT2D eigenvalue weighted by molar-refractivity contribution is 6.33. The van der Waals surface area contributed by atoms with E-state index in [1.807, 2.05) is 0 Å². The summed E-state index contributed by atoms with van der Waals surface area (Å²) >= 11 is 12.0. The summed E-state index contributed by atoms with van der Waals surface area (Å²) < 4.78 is 0. The van der Waals surface area contributed by atoms with Crippen LogP contribution in [0.2, 0.25) is 10.0 Å². The molecule has 0 saturated carbocycles. The molecular weight excluding hydrogens is 299 g/mol. The van der Waals surface area contributed by atoms with Crippen LogP contribution < -0.4 is 5.32 Å². The minimum Gasteiger partial charge on any atom is -0.381 e. The van der Waals surface area contributed by atoms with Gasteiger partial charge in [0.15, 0.2) is 0 Å². The molecule has 0 atom stereocenters. The fourth-order valence-corrected chi connectivity index (χ4v) is 2.17. The van der Waals surface area contributed by atoms with E-state index in [0.717, 1.165) is 5.56 Å². The summed E-state index contributed by atoms with van der Waals surface area (Å²) in [7, 11) is 0. The first-order valence-electron chi connectivity index (χ1n) is 5.90. The van der Waals surface area contributed by atoms with Crippen molar-refractivity contribution < 1.29 is 4.92 Å². The van der Waals surface area contributed by atoms with Gasteiger partial charge in [0.2, 0.25) is 0 Å². The highest BCUT2D eigenvalue weighted by Crippen LogP contribution is 2.25. The van der Waals surface area contributed by atoms with E-state index >= 15 is 0 Å². The van der Waals surface area contributed by atoms with Gasteiger partial charge in [0.05, 0.1) is 4.92 Å². The zero-order chi connectivity index (χ0) is 14.7. The predicted octanol–water partition coefficient (Wildman–Crippen LogP) is 4.82. The minimum atomic E-state index is -0.396. The van der Waals surface area contributed by atoms with Crippen molar-refractivity contribution in [3.8, 4) is 0 Å². The van der Waals surface area contributed by atoms with Gasteiger partial charge in [-0.2, -0.15) is 0 Å². The average Bonchev–Trinajstić information content (AvgIpc) is 2.41. The second kappa shape index (κ2) is 6.11. The zero-order valence-electron chi connectivity index (χ0n) is 10.7. The number of nitro benzene ring substituents is 1. The quantitative estimate of drug-likeness (QED) is 0.650. The molecule has 0 radical (unpaired) electrons. The van der Waals surface area contributed by atoms with E-state index in [1.165, 1.54) is 6.07 Å². The molecule has 0 amide bonds. The highest BCUT2D eigenvalue weighted by atomic mass is 35.5. The van der Waals surface area contributed by atoms with Crippen LogP contribution in [0.4, 0.5) is 11.4 Å². The average molecular weight is 311 g/mol. The van der Waals surface area contributed by atoms with Gasteiger partial charge in [-0.25, -0.2) is 0 Å². The Balaban J connectivity index is 2.17. The van der Waals surface area contributed by atoms with Crippen LogP contribution in [0.3, 0.4) is 0 Å². The van der Waals surface area contributed by atoms with Gasteiger partial charge in [0.1, 0.15) is 0 Å². The maximum absolute atomic E-state index is 10.9. The Kier molecular flexibility index (Phi) is 4.47. The third-order valence-electron chi connectivity index (χ3n) is 2.90. The topological polar surface area (TPSA) is 55.2 Å². The Labute approximate surface area is 126 Å². The van der Waals surface area contributed by atoms with Crippen molar-refractivity contribution in [1.82, 2.24) is 0 Å². The summed E-state index contributed by atoms with van der Waals surface area (Å²) in [4.78, 5) is 10.5. The summed E-state index contributed by atoms with van der Waals surface area (Å²) in [6.45, 7) is 2.15. The van der Waals surface area contributed by atoms with E-state index in [4.69, 9.17) is 23.2 Å². The van der Waals surface area contributed by atoms with Crippen LogP contribution in [0, 0.1) is 17.0 Å². The lowest BCUT2D eigenvalue weighted by molar-refractivity contribution is -0.385. The van der Waals surface area contributed by atoms with Crippen LogP contribution in [-0.4, -0.2) is 4.92 Å². The lowest BCUT2D eigenvalue weighted by atomic mass is 10.1. The Bertz CT molecular complexity index is 660. The first-order valence-corrected chi connectivity index (χ1v) is 6.66. The van der Waals surface area contributed by atoms with Gasteiger partial charge >= 0.3 is 0 Å². The van der Waals surface area contributed by atoms with Crippen LogP contribution >= 0.6 is 23.2 Å². The molecule has 20 heavy (non-hydrogen) atoms. The van der Waals surface area contributed by atoms with Crippen molar-refractivity contribution in [2.75, 3.05) is 5.32 Å². The van der Waals surface area contributed by atoms with Crippen molar-refractivity contribution in [2.24, 2.45) is 0 Å². The highest BCUT2D eigenvalue weighted by Gasteiger charge is 2.11. The standard InChI is InChI=1S/C14H12Cl2N2O2/c1-9-2-4-12(7-14(9)18(19)20)17-8-10-6-11(15)3-5-13(10)16/h2-7,17H,8H2,1H3. The summed E-state index contributed by atoms with van der Waals surface area (Å²) in [6.07, 6.45) is 0. The van der Waals surface area contributed by atoms with E-state index in [9.17, 15) is 10.1 Å². The predicted molar refractivity (Wildman–Crippen MR) is 81.6 cm³/mol. The Hall–Kier alpha value is -1.78. The number of aryl methyl sites for hydroxylation is 1. The Morgan fingerprint density at radius 3 is 2.65 bits per heavy atom. The van der Waals surface area contributed by atoms with Crippen molar-refractivity contribution in [1.29, 1.82) is 0 Å². The van der Waals surface area contributed by atoms with Crippen molar-refractivity contribution in [2.45, 2.75) is 13.5 Å². The fraction of sp³-hybridized carbons (Fsp3) is 0.143. The fourth-order valence-electron chi connectivity index (χ4n) is 1.79. The van der Waals surface area contributed by atoms with Crippen LogP contribution in [0.1, 0.15) is 11.1 Å². The molecule has 0 saturated heterocycles. The molecule has 6 heteroatoms. The van der Waals surface area contributed by atoms with Gasteiger partial charge in [0, 0.05) is 33.9 Å². The monoisotopic (exact) mass is 310 g/mol. The number of nitrogens with zero attached hydrogens (tertiary/aromatic N) is 1. The molecule has 0 unspecified atom stereocenters. The molecule has 2 rings (SSSR count). The molecule has 0 aromatic heterocycles. The van der Waals surface area contributed by atoms with Gasteiger partial charge in [-0.1, -0.05) is 29.3 Å². The molecule has 4 nitrogen and oxygen atoms in total. The molecule has 0 bridgehead atoms. The van der Waals surface area contributed by atoms with E-state index in [-0.39, 0.29) is 5.69 Å². The van der Waals surface area contributed by atoms with E-state index in [2.05, 4.69) is 5.32 Å². The molecule has 0 fully saturated rings. The summed E-state index contributed by atoms with van der Waals surface area (Å²) in [5.74, 6) is 0. The van der Waals surface area contributed by atoms with Gasteiger partial charge in [0.25, 0.3) is 5.69 Å². The molecule has 0 aliphatic carbocycles. The molecule has 1 N–H and O–H groups in total. The maximum atomic E-state index is 10.9. The van der Waals surface area contributed by atoms with E-state index in [0.29, 0.717) is 27.8 Å². The number of anilines is 1. The number of hydrogen-bond acceptors (Lipinski definition) is 3. The number of rotatable bonds is 4. The number of hydrogen-bond donors (Lipinski definition) is 1. The normalized spacial score (nSPS) is 10.3. The lowest BCUT2D eigenvalue weighted by Crippen LogP contribution is -2.01. The summed E-state index contributed by atoms with van der Waals surface area (Å²) in [6, 6.07) is 10.2. The third-order valence-corrected chi connectivity index (χ3v) is 3.50. The van der Waals surface area contributed by atoms with E-state index < -0.39 is 4.92 Å². The molecule has 104 valence electrons. The van der Waals surface area contributed by atoms with Gasteiger partial charge in [-0.15, -0.1) is 0 Å².